The number of carbonyl (C=O) groups is 1. The molecule has 1 aliphatic carbocycles. The van der Waals surface area contributed by atoms with Crippen molar-refractivity contribution in [1.29, 1.82) is 0 Å². The van der Waals surface area contributed by atoms with Crippen LogP contribution < -0.4 is 0 Å². The van der Waals surface area contributed by atoms with Crippen LogP contribution in [-0.2, 0) is 5.41 Å². The molecule has 0 unspecified atom stereocenters. The molecule has 88 valence electrons. The Morgan fingerprint density at radius 3 is 2.62 bits per heavy atom. The molecule has 0 atom stereocenters. The average molecular weight is 221 g/mol. The molecular weight excluding hydrogens is 202 g/mol. The van der Waals surface area contributed by atoms with Gasteiger partial charge in [-0.1, -0.05) is 20.8 Å². The zero-order valence-electron chi connectivity index (χ0n) is 10.1. The van der Waals surface area contributed by atoms with Crippen LogP contribution >= 0.6 is 0 Å². The molecule has 1 fully saturated rings. The summed E-state index contributed by atoms with van der Waals surface area (Å²) >= 11 is 0. The predicted octanol–water partition coefficient (Wildman–Crippen LogP) is 3.28. The number of aromatic carboxylic acids is 1. The monoisotopic (exact) mass is 221 g/mol. The summed E-state index contributed by atoms with van der Waals surface area (Å²) < 4.78 is 0. The lowest BCUT2D eigenvalue weighted by molar-refractivity contribution is 0.0696. The van der Waals surface area contributed by atoms with Gasteiger partial charge in [0, 0.05) is 16.8 Å². The maximum absolute atomic E-state index is 11.2. The Labute approximate surface area is 95.9 Å². The lowest BCUT2D eigenvalue weighted by atomic mass is 9.86. The average Bonchev–Trinajstić information content (AvgIpc) is 2.96. The van der Waals surface area contributed by atoms with Crippen molar-refractivity contribution in [2.75, 3.05) is 0 Å². The van der Waals surface area contributed by atoms with Crippen LogP contribution in [0.25, 0.3) is 0 Å². The first-order valence-electron chi connectivity index (χ1n) is 5.92. The first-order chi connectivity index (χ1) is 7.45. The van der Waals surface area contributed by atoms with Crippen molar-refractivity contribution in [1.82, 2.24) is 4.98 Å². The Bertz CT molecular complexity index is 414. The van der Waals surface area contributed by atoms with Crippen LogP contribution in [0.5, 0.6) is 0 Å². The third kappa shape index (κ3) is 1.86. The van der Waals surface area contributed by atoms with Gasteiger partial charge in [0.2, 0.25) is 0 Å². The normalized spacial score (nSPS) is 16.4. The topological polar surface area (TPSA) is 53.1 Å². The molecule has 0 aromatic carbocycles. The summed E-state index contributed by atoms with van der Waals surface area (Å²) in [6.45, 7) is 6.40. The molecule has 3 heteroatoms. The van der Waals surface area contributed by atoms with Crippen molar-refractivity contribution < 1.29 is 9.90 Å². The number of aromatic amines is 1. The van der Waals surface area contributed by atoms with Gasteiger partial charge in [-0.3, -0.25) is 0 Å². The SMILES string of the molecule is CCC(C)(C)c1cc(C(=O)O)c(C2CC2)[nH]1. The molecule has 1 heterocycles. The number of nitrogens with one attached hydrogen (secondary N) is 1. The molecule has 1 saturated carbocycles. The van der Waals surface area contributed by atoms with Crippen LogP contribution in [0.1, 0.15) is 67.7 Å². The molecule has 16 heavy (non-hydrogen) atoms. The quantitative estimate of drug-likeness (QED) is 0.819. The number of hydrogen-bond acceptors (Lipinski definition) is 1. The molecule has 0 saturated heterocycles. The molecule has 1 aromatic rings. The minimum atomic E-state index is -0.809. The molecule has 1 aromatic heterocycles. The number of H-pyrrole nitrogens is 1. The van der Waals surface area contributed by atoms with E-state index in [0.29, 0.717) is 11.5 Å². The highest BCUT2D eigenvalue weighted by Crippen LogP contribution is 2.42. The van der Waals surface area contributed by atoms with E-state index in [1.54, 1.807) is 0 Å². The van der Waals surface area contributed by atoms with Crippen LogP contribution in [0.3, 0.4) is 0 Å². The van der Waals surface area contributed by atoms with E-state index in [1.807, 2.05) is 6.07 Å². The third-order valence-electron chi connectivity index (χ3n) is 3.68. The van der Waals surface area contributed by atoms with Crippen LogP contribution in [-0.4, -0.2) is 16.1 Å². The van der Waals surface area contributed by atoms with Crippen molar-refractivity contribution in [2.45, 2.75) is 51.4 Å². The fourth-order valence-corrected chi connectivity index (χ4v) is 1.90. The second kappa shape index (κ2) is 3.65. The zero-order chi connectivity index (χ0) is 11.9. The van der Waals surface area contributed by atoms with E-state index >= 15 is 0 Å². The number of rotatable bonds is 4. The maximum Gasteiger partial charge on any atom is 0.337 e. The lowest BCUT2D eigenvalue weighted by Gasteiger charge is -2.20. The van der Waals surface area contributed by atoms with Crippen LogP contribution in [0.15, 0.2) is 6.07 Å². The molecule has 1 aliphatic rings. The summed E-state index contributed by atoms with van der Waals surface area (Å²) in [4.78, 5) is 14.5. The predicted molar refractivity (Wildman–Crippen MR) is 63.0 cm³/mol. The van der Waals surface area contributed by atoms with Crippen LogP contribution in [0, 0.1) is 0 Å². The highest BCUT2D eigenvalue weighted by Gasteiger charge is 2.32. The van der Waals surface area contributed by atoms with E-state index in [2.05, 4.69) is 25.8 Å². The van der Waals surface area contributed by atoms with E-state index < -0.39 is 5.97 Å². The van der Waals surface area contributed by atoms with Gasteiger partial charge < -0.3 is 10.1 Å². The van der Waals surface area contributed by atoms with Gasteiger partial charge >= 0.3 is 5.97 Å². The molecule has 0 aliphatic heterocycles. The summed E-state index contributed by atoms with van der Waals surface area (Å²) in [6, 6.07) is 1.82. The van der Waals surface area contributed by atoms with Gasteiger partial charge in [0.15, 0.2) is 0 Å². The maximum atomic E-state index is 11.2. The number of aromatic nitrogens is 1. The summed E-state index contributed by atoms with van der Waals surface area (Å²) in [5, 5.41) is 9.17. The number of carboxylic acid groups (broad SMARTS) is 1. The van der Waals surface area contributed by atoms with E-state index in [9.17, 15) is 9.90 Å². The summed E-state index contributed by atoms with van der Waals surface area (Å²) in [5.74, 6) is -0.358. The molecule has 0 amide bonds. The van der Waals surface area contributed by atoms with Crippen molar-refractivity contribution in [3.05, 3.63) is 23.0 Å². The van der Waals surface area contributed by atoms with Gasteiger partial charge in [-0.05, 0) is 31.2 Å². The van der Waals surface area contributed by atoms with E-state index in [0.717, 1.165) is 30.7 Å². The summed E-state index contributed by atoms with van der Waals surface area (Å²) in [5.41, 5.74) is 2.48. The van der Waals surface area contributed by atoms with E-state index in [4.69, 9.17) is 0 Å². The second-order valence-electron chi connectivity index (χ2n) is 5.33. The van der Waals surface area contributed by atoms with Crippen LogP contribution in [0.4, 0.5) is 0 Å². The Hall–Kier alpha value is -1.25. The highest BCUT2D eigenvalue weighted by molar-refractivity contribution is 5.89. The molecule has 0 radical (unpaired) electrons. The molecule has 0 bridgehead atoms. The highest BCUT2D eigenvalue weighted by atomic mass is 16.4. The standard InChI is InChI=1S/C13H19NO2/c1-4-13(2,3)10-7-9(12(15)16)11(14-10)8-5-6-8/h7-8,14H,4-6H2,1-3H3,(H,15,16). The van der Waals surface area contributed by atoms with Gasteiger partial charge in [0.05, 0.1) is 5.56 Å². The van der Waals surface area contributed by atoms with Gasteiger partial charge in [0.25, 0.3) is 0 Å². The fraction of sp³-hybridized carbons (Fsp3) is 0.615. The van der Waals surface area contributed by atoms with E-state index in [-0.39, 0.29) is 5.41 Å². The second-order valence-corrected chi connectivity index (χ2v) is 5.33. The van der Waals surface area contributed by atoms with Gasteiger partial charge in [0.1, 0.15) is 0 Å². The molecule has 2 N–H and O–H groups in total. The zero-order valence-corrected chi connectivity index (χ0v) is 10.1. The Morgan fingerprint density at radius 1 is 1.56 bits per heavy atom. The first kappa shape index (κ1) is 11.2. The fourth-order valence-electron chi connectivity index (χ4n) is 1.90. The van der Waals surface area contributed by atoms with Gasteiger partial charge in [-0.2, -0.15) is 0 Å². The Kier molecular flexibility index (Phi) is 2.56. The van der Waals surface area contributed by atoms with Crippen molar-refractivity contribution in [3.63, 3.8) is 0 Å². The largest absolute Gasteiger partial charge is 0.478 e. The van der Waals surface area contributed by atoms with Crippen LogP contribution in [0.2, 0.25) is 0 Å². The van der Waals surface area contributed by atoms with E-state index in [1.165, 1.54) is 0 Å². The first-order valence-corrected chi connectivity index (χ1v) is 5.92. The van der Waals surface area contributed by atoms with Crippen molar-refractivity contribution >= 4 is 5.97 Å². The Morgan fingerprint density at radius 2 is 2.19 bits per heavy atom. The molecule has 2 rings (SSSR count). The van der Waals surface area contributed by atoms with Gasteiger partial charge in [-0.25, -0.2) is 4.79 Å². The van der Waals surface area contributed by atoms with Crippen molar-refractivity contribution in [2.24, 2.45) is 0 Å². The minimum absolute atomic E-state index is 0.0251. The minimum Gasteiger partial charge on any atom is -0.478 e. The molecule has 0 spiro atoms. The van der Waals surface area contributed by atoms with Crippen molar-refractivity contribution in [3.8, 4) is 0 Å². The smallest absolute Gasteiger partial charge is 0.337 e. The summed E-state index contributed by atoms with van der Waals surface area (Å²) in [7, 11) is 0. The third-order valence-corrected chi connectivity index (χ3v) is 3.68. The number of hydrogen-bond donors (Lipinski definition) is 2. The lowest BCUT2D eigenvalue weighted by Crippen LogP contribution is -2.15. The number of carboxylic acids is 1. The molecular formula is C13H19NO2. The Balaban J connectivity index is 2.42. The summed E-state index contributed by atoms with van der Waals surface area (Å²) in [6.07, 6.45) is 3.23. The van der Waals surface area contributed by atoms with Gasteiger partial charge in [-0.15, -0.1) is 0 Å². The molecule has 3 nitrogen and oxygen atoms in total.